The Morgan fingerprint density at radius 2 is 2.18 bits per heavy atom. The highest BCUT2D eigenvalue weighted by Crippen LogP contribution is 2.28. The van der Waals surface area contributed by atoms with Crippen LogP contribution in [0.2, 0.25) is 0 Å². The van der Waals surface area contributed by atoms with E-state index in [4.69, 9.17) is 16.3 Å². The fourth-order valence-corrected chi connectivity index (χ4v) is 1.22. The molecule has 1 rings (SSSR count). The molecule has 2 N–H and O–H groups in total. The van der Waals surface area contributed by atoms with E-state index in [-0.39, 0.29) is 0 Å². The molecular formula is C11H19ClN2O3. The Morgan fingerprint density at radius 1 is 1.47 bits per heavy atom. The molecule has 0 spiro atoms. The third-order valence-corrected chi connectivity index (χ3v) is 2.60. The van der Waals surface area contributed by atoms with Gasteiger partial charge in [0, 0.05) is 19.8 Å². The highest BCUT2D eigenvalue weighted by atomic mass is 35.5. The monoisotopic (exact) mass is 262 g/mol. The van der Waals surface area contributed by atoms with Crippen LogP contribution >= 0.6 is 11.6 Å². The lowest BCUT2D eigenvalue weighted by Gasteiger charge is -2.07. The second-order valence-electron chi connectivity index (χ2n) is 4.23. The average Bonchev–Trinajstić information content (AvgIpc) is 3.06. The van der Waals surface area contributed by atoms with Crippen molar-refractivity contribution in [3.05, 3.63) is 0 Å². The smallest absolute Gasteiger partial charge is 0.321 e. The van der Waals surface area contributed by atoms with Gasteiger partial charge in [-0.15, -0.1) is 11.6 Å². The minimum Gasteiger partial charge on any atom is -0.381 e. The van der Waals surface area contributed by atoms with Gasteiger partial charge in [0.2, 0.25) is 5.91 Å². The van der Waals surface area contributed by atoms with Gasteiger partial charge in [0.15, 0.2) is 0 Å². The number of halogens is 1. The number of nitrogens with one attached hydrogen (secondary N) is 2. The number of rotatable bonds is 7. The Kier molecular flexibility index (Phi) is 6.29. The quantitative estimate of drug-likeness (QED) is 0.536. The molecular weight excluding hydrogens is 244 g/mol. The molecule has 5 nitrogen and oxygen atoms in total. The fraction of sp³-hybridized carbons (Fsp3) is 0.818. The molecule has 1 saturated carbocycles. The van der Waals surface area contributed by atoms with E-state index in [1.54, 1.807) is 0 Å². The van der Waals surface area contributed by atoms with Crippen molar-refractivity contribution in [1.82, 2.24) is 10.6 Å². The summed E-state index contributed by atoms with van der Waals surface area (Å²) < 4.78 is 5.40. The van der Waals surface area contributed by atoms with Crippen molar-refractivity contribution in [2.45, 2.75) is 31.6 Å². The van der Waals surface area contributed by atoms with E-state index < -0.39 is 17.3 Å². The maximum Gasteiger partial charge on any atom is 0.321 e. The normalized spacial score (nSPS) is 16.4. The Balaban J connectivity index is 1.90. The van der Waals surface area contributed by atoms with Gasteiger partial charge in [-0.05, 0) is 32.1 Å². The van der Waals surface area contributed by atoms with Crippen molar-refractivity contribution < 1.29 is 14.3 Å². The molecule has 0 bridgehead atoms. The first kappa shape index (κ1) is 14.3. The van der Waals surface area contributed by atoms with Crippen LogP contribution in [0.1, 0.15) is 26.2 Å². The third-order valence-electron chi connectivity index (χ3n) is 2.40. The van der Waals surface area contributed by atoms with Crippen LogP contribution in [-0.4, -0.2) is 37.1 Å². The zero-order chi connectivity index (χ0) is 12.7. The minimum absolute atomic E-state index is 0.487. The number of imide groups is 1. The molecule has 0 saturated heterocycles. The first-order valence-corrected chi connectivity index (χ1v) is 6.33. The maximum atomic E-state index is 11.2. The first-order chi connectivity index (χ1) is 8.09. The van der Waals surface area contributed by atoms with Crippen molar-refractivity contribution in [3.8, 4) is 0 Å². The summed E-state index contributed by atoms with van der Waals surface area (Å²) in [5, 5.41) is 3.99. The van der Waals surface area contributed by atoms with E-state index in [1.807, 2.05) is 0 Å². The van der Waals surface area contributed by atoms with Crippen LogP contribution in [0.5, 0.6) is 0 Å². The van der Waals surface area contributed by atoms with Crippen molar-refractivity contribution in [2.75, 3.05) is 19.8 Å². The number of hydrogen-bond donors (Lipinski definition) is 2. The molecule has 3 amide bonds. The minimum atomic E-state index is -0.706. The molecule has 1 aliphatic rings. The summed E-state index contributed by atoms with van der Waals surface area (Å²) in [6, 6.07) is -0.510. The van der Waals surface area contributed by atoms with E-state index in [1.165, 1.54) is 19.8 Å². The highest BCUT2D eigenvalue weighted by Gasteiger charge is 2.20. The van der Waals surface area contributed by atoms with Crippen LogP contribution in [-0.2, 0) is 9.53 Å². The summed E-state index contributed by atoms with van der Waals surface area (Å²) in [4.78, 5) is 22.2. The predicted molar refractivity (Wildman–Crippen MR) is 65.0 cm³/mol. The number of alkyl halides is 1. The average molecular weight is 263 g/mol. The number of carbonyl (C=O) groups is 2. The molecule has 0 radical (unpaired) electrons. The van der Waals surface area contributed by atoms with Crippen LogP contribution in [0, 0.1) is 5.92 Å². The molecule has 6 heteroatoms. The Bertz CT molecular complexity index is 267. The Hall–Kier alpha value is -0.810. The van der Waals surface area contributed by atoms with Crippen LogP contribution in [0.25, 0.3) is 0 Å². The van der Waals surface area contributed by atoms with Crippen molar-refractivity contribution >= 4 is 23.5 Å². The van der Waals surface area contributed by atoms with Gasteiger partial charge in [-0.1, -0.05) is 0 Å². The van der Waals surface area contributed by atoms with E-state index in [2.05, 4.69) is 10.6 Å². The Morgan fingerprint density at radius 3 is 2.76 bits per heavy atom. The molecule has 0 aromatic carbocycles. The lowest BCUT2D eigenvalue weighted by atomic mass is 10.4. The summed E-state index contributed by atoms with van der Waals surface area (Å²) >= 11 is 5.50. The SMILES string of the molecule is CC(Cl)C(=O)NC(=O)NCCCOCC1CC1. The molecule has 1 fully saturated rings. The molecule has 1 atom stereocenters. The summed E-state index contributed by atoms with van der Waals surface area (Å²) in [6.45, 7) is 3.46. The van der Waals surface area contributed by atoms with Crippen LogP contribution in [0.15, 0.2) is 0 Å². The summed E-state index contributed by atoms with van der Waals surface area (Å²) in [5.41, 5.74) is 0. The summed E-state index contributed by atoms with van der Waals surface area (Å²) in [6.07, 6.45) is 3.30. The second-order valence-corrected chi connectivity index (χ2v) is 4.89. The number of carbonyl (C=O) groups excluding carboxylic acids is 2. The van der Waals surface area contributed by atoms with Gasteiger partial charge in [0.1, 0.15) is 5.38 Å². The van der Waals surface area contributed by atoms with Crippen molar-refractivity contribution in [3.63, 3.8) is 0 Å². The summed E-state index contributed by atoms with van der Waals surface area (Å²) in [7, 11) is 0. The maximum absolute atomic E-state index is 11.2. The number of urea groups is 1. The predicted octanol–water partition coefficient (Wildman–Crippen LogP) is 1.26. The van der Waals surface area contributed by atoms with Crippen LogP contribution in [0.4, 0.5) is 4.79 Å². The third kappa shape index (κ3) is 7.18. The molecule has 0 aromatic heterocycles. The molecule has 17 heavy (non-hydrogen) atoms. The van der Waals surface area contributed by atoms with E-state index in [0.717, 1.165) is 18.9 Å². The lowest BCUT2D eigenvalue weighted by molar-refractivity contribution is -0.119. The molecule has 1 unspecified atom stereocenters. The molecule has 0 aromatic rings. The lowest BCUT2D eigenvalue weighted by Crippen LogP contribution is -2.42. The van der Waals surface area contributed by atoms with Gasteiger partial charge in [0.25, 0.3) is 0 Å². The zero-order valence-corrected chi connectivity index (χ0v) is 10.8. The number of hydrogen-bond acceptors (Lipinski definition) is 3. The van der Waals surface area contributed by atoms with Gasteiger partial charge in [0.05, 0.1) is 0 Å². The first-order valence-electron chi connectivity index (χ1n) is 5.90. The van der Waals surface area contributed by atoms with Crippen molar-refractivity contribution in [2.24, 2.45) is 5.92 Å². The van der Waals surface area contributed by atoms with E-state index >= 15 is 0 Å². The number of amides is 3. The van der Waals surface area contributed by atoms with Gasteiger partial charge < -0.3 is 10.1 Å². The van der Waals surface area contributed by atoms with Gasteiger partial charge in [-0.3, -0.25) is 10.1 Å². The highest BCUT2D eigenvalue weighted by molar-refractivity contribution is 6.31. The van der Waals surface area contributed by atoms with Gasteiger partial charge >= 0.3 is 6.03 Å². The standard InChI is InChI=1S/C11H19ClN2O3/c1-8(12)10(15)14-11(16)13-5-2-6-17-7-9-3-4-9/h8-9H,2-7H2,1H3,(H2,13,14,15,16). The van der Waals surface area contributed by atoms with Crippen molar-refractivity contribution in [1.29, 1.82) is 0 Å². The van der Waals surface area contributed by atoms with Gasteiger partial charge in [-0.25, -0.2) is 4.79 Å². The zero-order valence-electron chi connectivity index (χ0n) is 10.0. The molecule has 0 aliphatic heterocycles. The van der Waals surface area contributed by atoms with Crippen LogP contribution in [0.3, 0.4) is 0 Å². The van der Waals surface area contributed by atoms with E-state index in [0.29, 0.717) is 13.2 Å². The van der Waals surface area contributed by atoms with Gasteiger partial charge in [-0.2, -0.15) is 0 Å². The fourth-order valence-electron chi connectivity index (χ4n) is 1.17. The Labute approximate surface area is 106 Å². The largest absolute Gasteiger partial charge is 0.381 e. The molecule has 98 valence electrons. The van der Waals surface area contributed by atoms with E-state index in [9.17, 15) is 9.59 Å². The second kappa shape index (κ2) is 7.50. The van der Waals surface area contributed by atoms with Crippen LogP contribution < -0.4 is 10.6 Å². The molecule has 1 aliphatic carbocycles. The molecule has 0 heterocycles. The topological polar surface area (TPSA) is 67.4 Å². The summed E-state index contributed by atoms with van der Waals surface area (Å²) in [5.74, 6) is 0.267. The number of ether oxygens (including phenoxy) is 1.